The molecule has 0 aromatic carbocycles. The predicted molar refractivity (Wildman–Crippen MR) is 35.0 cm³/mol. The van der Waals surface area contributed by atoms with Gasteiger partial charge in [-0.3, -0.25) is 4.68 Å². The third kappa shape index (κ3) is 0.846. The van der Waals surface area contributed by atoms with Crippen LogP contribution in [0.15, 0.2) is 12.4 Å². The SMILES string of the molecule is [CH2]c1cnn(C2CC2)c1. The second kappa shape index (κ2) is 1.59. The molecular weight excluding hydrogens is 112 g/mol. The zero-order valence-electron chi connectivity index (χ0n) is 5.25. The molecule has 0 atom stereocenters. The summed E-state index contributed by atoms with van der Waals surface area (Å²) in [6.45, 7) is 3.77. The Morgan fingerprint density at radius 3 is 2.89 bits per heavy atom. The van der Waals surface area contributed by atoms with E-state index < -0.39 is 0 Å². The molecule has 0 unspecified atom stereocenters. The summed E-state index contributed by atoms with van der Waals surface area (Å²) in [5, 5.41) is 4.13. The number of nitrogens with zero attached hydrogens (tertiary/aromatic N) is 2. The second-order valence-electron chi connectivity index (χ2n) is 2.56. The molecule has 1 aromatic rings. The average Bonchev–Trinajstić information content (AvgIpc) is 2.58. The smallest absolute Gasteiger partial charge is 0.0521 e. The minimum Gasteiger partial charge on any atom is -0.269 e. The summed E-state index contributed by atoms with van der Waals surface area (Å²) in [7, 11) is 0. The van der Waals surface area contributed by atoms with Crippen molar-refractivity contribution in [3.63, 3.8) is 0 Å². The Morgan fingerprint density at radius 1 is 1.67 bits per heavy atom. The number of hydrogen-bond acceptors (Lipinski definition) is 1. The molecular formula is C7H9N2. The van der Waals surface area contributed by atoms with Crippen LogP contribution in [0.2, 0.25) is 0 Å². The summed E-state index contributed by atoms with van der Waals surface area (Å²) < 4.78 is 2.00. The number of aromatic nitrogens is 2. The first-order valence-electron chi connectivity index (χ1n) is 3.22. The van der Waals surface area contributed by atoms with Gasteiger partial charge in [0.25, 0.3) is 0 Å². The maximum Gasteiger partial charge on any atom is 0.0521 e. The summed E-state index contributed by atoms with van der Waals surface area (Å²) >= 11 is 0. The van der Waals surface area contributed by atoms with Gasteiger partial charge in [-0.25, -0.2) is 0 Å². The molecule has 1 radical (unpaired) electrons. The van der Waals surface area contributed by atoms with Crippen LogP contribution in [0.5, 0.6) is 0 Å². The van der Waals surface area contributed by atoms with Crippen LogP contribution >= 0.6 is 0 Å². The molecule has 1 aromatic heterocycles. The van der Waals surface area contributed by atoms with Crippen molar-refractivity contribution in [2.45, 2.75) is 18.9 Å². The highest BCUT2D eigenvalue weighted by Gasteiger charge is 2.23. The summed E-state index contributed by atoms with van der Waals surface area (Å²) in [4.78, 5) is 0. The van der Waals surface area contributed by atoms with Gasteiger partial charge in [0.15, 0.2) is 0 Å². The first kappa shape index (κ1) is 5.03. The Bertz CT molecular complexity index is 210. The van der Waals surface area contributed by atoms with E-state index in [4.69, 9.17) is 0 Å². The predicted octanol–water partition coefficient (Wildman–Crippen LogP) is 1.40. The highest BCUT2D eigenvalue weighted by molar-refractivity contribution is 5.08. The molecule has 0 saturated heterocycles. The molecule has 9 heavy (non-hydrogen) atoms. The van der Waals surface area contributed by atoms with E-state index in [2.05, 4.69) is 12.0 Å². The Labute approximate surface area is 54.5 Å². The lowest BCUT2D eigenvalue weighted by molar-refractivity contribution is 0.641. The normalized spacial score (nSPS) is 18.3. The van der Waals surface area contributed by atoms with Crippen LogP contribution in [0.1, 0.15) is 24.4 Å². The lowest BCUT2D eigenvalue weighted by Crippen LogP contribution is -1.91. The Balaban J connectivity index is 2.28. The van der Waals surface area contributed by atoms with E-state index in [0.717, 1.165) is 5.56 Å². The van der Waals surface area contributed by atoms with E-state index in [9.17, 15) is 0 Å². The summed E-state index contributed by atoms with van der Waals surface area (Å²) in [5.74, 6) is 0. The van der Waals surface area contributed by atoms with Crippen LogP contribution in [0.3, 0.4) is 0 Å². The standard InChI is InChI=1S/C7H9N2/c1-6-4-8-9(5-6)7-2-3-7/h4-5,7H,1-3H2. The zero-order chi connectivity index (χ0) is 6.27. The van der Waals surface area contributed by atoms with Crippen LogP contribution in [-0.2, 0) is 0 Å². The van der Waals surface area contributed by atoms with Crippen LogP contribution in [0.4, 0.5) is 0 Å². The number of hydrogen-bond donors (Lipinski definition) is 0. The van der Waals surface area contributed by atoms with Crippen LogP contribution < -0.4 is 0 Å². The lowest BCUT2D eigenvalue weighted by atomic mass is 10.4. The molecule has 0 N–H and O–H groups in total. The van der Waals surface area contributed by atoms with Crippen molar-refractivity contribution < 1.29 is 0 Å². The largest absolute Gasteiger partial charge is 0.269 e. The second-order valence-corrected chi connectivity index (χ2v) is 2.56. The maximum atomic E-state index is 4.13. The van der Waals surface area contributed by atoms with E-state index in [-0.39, 0.29) is 0 Å². The lowest BCUT2D eigenvalue weighted by Gasteiger charge is -1.91. The van der Waals surface area contributed by atoms with Crippen molar-refractivity contribution in [3.8, 4) is 0 Å². The van der Waals surface area contributed by atoms with Gasteiger partial charge in [-0.05, 0) is 25.3 Å². The fourth-order valence-corrected chi connectivity index (χ4v) is 0.916. The van der Waals surface area contributed by atoms with Gasteiger partial charge in [0.05, 0.1) is 12.2 Å². The van der Waals surface area contributed by atoms with Crippen molar-refractivity contribution in [2.24, 2.45) is 0 Å². The quantitative estimate of drug-likeness (QED) is 0.549. The average molecular weight is 121 g/mol. The molecule has 0 aliphatic heterocycles. The third-order valence-electron chi connectivity index (χ3n) is 1.58. The maximum absolute atomic E-state index is 4.13. The van der Waals surface area contributed by atoms with Gasteiger partial charge in [0, 0.05) is 6.20 Å². The van der Waals surface area contributed by atoms with Gasteiger partial charge < -0.3 is 0 Å². The third-order valence-corrected chi connectivity index (χ3v) is 1.58. The minimum atomic E-state index is 0.695. The molecule has 2 heteroatoms. The first-order valence-corrected chi connectivity index (χ1v) is 3.22. The highest BCUT2D eigenvalue weighted by Crippen LogP contribution is 2.33. The summed E-state index contributed by atoms with van der Waals surface area (Å²) in [6.07, 6.45) is 6.39. The topological polar surface area (TPSA) is 17.8 Å². The van der Waals surface area contributed by atoms with E-state index in [1.165, 1.54) is 12.8 Å². The van der Waals surface area contributed by atoms with Gasteiger partial charge in [-0.15, -0.1) is 0 Å². The van der Waals surface area contributed by atoms with E-state index in [0.29, 0.717) is 6.04 Å². The van der Waals surface area contributed by atoms with E-state index >= 15 is 0 Å². The van der Waals surface area contributed by atoms with Crippen molar-refractivity contribution in [1.29, 1.82) is 0 Å². The van der Waals surface area contributed by atoms with Crippen LogP contribution in [0.25, 0.3) is 0 Å². The molecule has 1 aliphatic rings. The van der Waals surface area contributed by atoms with Crippen LogP contribution in [0, 0.1) is 6.92 Å². The Kier molecular flexibility index (Phi) is 0.891. The molecule has 0 bridgehead atoms. The van der Waals surface area contributed by atoms with E-state index in [1.54, 1.807) is 6.20 Å². The van der Waals surface area contributed by atoms with Crippen molar-refractivity contribution >= 4 is 0 Å². The van der Waals surface area contributed by atoms with Gasteiger partial charge >= 0.3 is 0 Å². The molecule has 1 heterocycles. The molecule has 1 aliphatic carbocycles. The highest BCUT2D eigenvalue weighted by atomic mass is 15.3. The first-order chi connectivity index (χ1) is 4.36. The Hall–Kier alpha value is -0.790. The van der Waals surface area contributed by atoms with Crippen molar-refractivity contribution in [3.05, 3.63) is 24.9 Å². The van der Waals surface area contributed by atoms with Gasteiger partial charge in [-0.2, -0.15) is 5.10 Å². The molecule has 0 spiro atoms. The Morgan fingerprint density at radius 2 is 2.44 bits per heavy atom. The molecule has 1 saturated carbocycles. The molecule has 1 fully saturated rings. The molecule has 2 rings (SSSR count). The fourth-order valence-electron chi connectivity index (χ4n) is 0.916. The minimum absolute atomic E-state index is 0.695. The van der Waals surface area contributed by atoms with Gasteiger partial charge in [0.1, 0.15) is 0 Å². The van der Waals surface area contributed by atoms with Gasteiger partial charge in [-0.1, -0.05) is 0 Å². The zero-order valence-corrected chi connectivity index (χ0v) is 5.25. The summed E-state index contributed by atoms with van der Waals surface area (Å²) in [6, 6.07) is 0.695. The van der Waals surface area contributed by atoms with E-state index in [1.807, 2.05) is 10.9 Å². The monoisotopic (exact) mass is 121 g/mol. The molecule has 2 nitrogen and oxygen atoms in total. The molecule has 47 valence electrons. The van der Waals surface area contributed by atoms with Crippen LogP contribution in [-0.4, -0.2) is 9.78 Å². The van der Waals surface area contributed by atoms with Crippen molar-refractivity contribution in [2.75, 3.05) is 0 Å². The van der Waals surface area contributed by atoms with Crippen molar-refractivity contribution in [1.82, 2.24) is 9.78 Å². The number of rotatable bonds is 1. The summed E-state index contributed by atoms with van der Waals surface area (Å²) in [5.41, 5.74) is 1.02. The molecule has 0 amide bonds. The van der Waals surface area contributed by atoms with Gasteiger partial charge in [0.2, 0.25) is 0 Å². The fraction of sp³-hybridized carbons (Fsp3) is 0.429.